The molecule has 0 saturated carbocycles. The smallest absolute Gasteiger partial charge is 0.243 e. The lowest BCUT2D eigenvalue weighted by atomic mass is 10.2. The van der Waals surface area contributed by atoms with Crippen LogP contribution in [0, 0.1) is 0 Å². The van der Waals surface area contributed by atoms with E-state index >= 15 is 0 Å². The van der Waals surface area contributed by atoms with Gasteiger partial charge in [-0.05, 0) is 24.6 Å². The summed E-state index contributed by atoms with van der Waals surface area (Å²) < 4.78 is 34.3. The van der Waals surface area contributed by atoms with Gasteiger partial charge in [-0.15, -0.1) is 0 Å². The van der Waals surface area contributed by atoms with Gasteiger partial charge in [-0.3, -0.25) is 4.68 Å². The third kappa shape index (κ3) is 2.97. The van der Waals surface area contributed by atoms with Gasteiger partial charge in [0.15, 0.2) is 0 Å². The van der Waals surface area contributed by atoms with Gasteiger partial charge in [0.05, 0.1) is 36.9 Å². The molecule has 1 aliphatic rings. The Balaban J connectivity index is 2.01. The Labute approximate surface area is 135 Å². The van der Waals surface area contributed by atoms with E-state index in [0.717, 1.165) is 5.69 Å². The molecule has 0 radical (unpaired) electrons. The molecule has 1 aromatic heterocycles. The predicted molar refractivity (Wildman–Crippen MR) is 83.4 cm³/mol. The number of fused-ring (bicyclic) bond motifs is 1. The van der Waals surface area contributed by atoms with Crippen molar-refractivity contribution in [1.29, 1.82) is 0 Å². The van der Waals surface area contributed by atoms with E-state index in [1.807, 2.05) is 0 Å². The summed E-state index contributed by atoms with van der Waals surface area (Å²) in [5, 5.41) is 13.8. The molecule has 0 saturated heterocycles. The van der Waals surface area contributed by atoms with Gasteiger partial charge in [0.25, 0.3) is 0 Å². The molecule has 7 nitrogen and oxygen atoms in total. The number of aromatic nitrogens is 2. The van der Waals surface area contributed by atoms with Gasteiger partial charge in [-0.2, -0.15) is 9.40 Å². The number of hydrogen-bond acceptors (Lipinski definition) is 5. The topological polar surface area (TPSA) is 84.7 Å². The first-order chi connectivity index (χ1) is 11.1. The van der Waals surface area contributed by atoms with E-state index in [1.165, 1.54) is 23.5 Å². The van der Waals surface area contributed by atoms with Crippen molar-refractivity contribution in [3.05, 3.63) is 42.2 Å². The second-order valence-corrected chi connectivity index (χ2v) is 7.29. The van der Waals surface area contributed by atoms with Gasteiger partial charge in [0.2, 0.25) is 10.0 Å². The normalized spacial score (nSPS) is 19.1. The van der Waals surface area contributed by atoms with Crippen molar-refractivity contribution in [2.75, 3.05) is 13.7 Å². The number of ether oxygens (including phenoxy) is 1. The molecule has 1 atom stereocenters. The maximum absolute atomic E-state index is 13.0. The van der Waals surface area contributed by atoms with Crippen LogP contribution in [-0.4, -0.2) is 47.4 Å². The lowest BCUT2D eigenvalue weighted by molar-refractivity contribution is 0.178. The predicted octanol–water partition coefficient (Wildman–Crippen LogP) is 0.847. The fourth-order valence-electron chi connectivity index (χ4n) is 2.76. The molecule has 8 heteroatoms. The van der Waals surface area contributed by atoms with Gasteiger partial charge in [0.1, 0.15) is 5.75 Å². The molecule has 1 unspecified atom stereocenters. The highest BCUT2D eigenvalue weighted by Crippen LogP contribution is 2.27. The molecular weight excluding hydrogens is 318 g/mol. The molecule has 0 fully saturated rings. The standard InChI is InChI=1S/C15H19N3O4S/c1-22-14-3-2-4-15(9-14)23(20,21)18-10-12-5-7-16-17(12)8-6-13(18)11-19/h2-5,7,9,13,19H,6,8,10-11H2,1H3. The molecule has 124 valence electrons. The largest absolute Gasteiger partial charge is 0.497 e. The zero-order valence-corrected chi connectivity index (χ0v) is 13.6. The number of aryl methyl sites for hydroxylation is 1. The van der Waals surface area contributed by atoms with Crippen molar-refractivity contribution >= 4 is 10.0 Å². The van der Waals surface area contributed by atoms with E-state index in [9.17, 15) is 13.5 Å². The first kappa shape index (κ1) is 16.0. The molecule has 0 spiro atoms. The van der Waals surface area contributed by atoms with Crippen LogP contribution in [0.25, 0.3) is 0 Å². The zero-order chi connectivity index (χ0) is 16.4. The van der Waals surface area contributed by atoms with Crippen LogP contribution in [0.4, 0.5) is 0 Å². The van der Waals surface area contributed by atoms with Crippen molar-refractivity contribution in [3.8, 4) is 5.75 Å². The number of aliphatic hydroxyl groups is 1. The lowest BCUT2D eigenvalue weighted by Gasteiger charge is -2.27. The van der Waals surface area contributed by atoms with Gasteiger partial charge in [0, 0.05) is 18.8 Å². The molecule has 0 aliphatic carbocycles. The SMILES string of the molecule is COc1cccc(S(=O)(=O)N2Cc3ccnn3CCC2CO)c1. The lowest BCUT2D eigenvalue weighted by Crippen LogP contribution is -2.41. The summed E-state index contributed by atoms with van der Waals surface area (Å²) in [6, 6.07) is 7.68. The summed E-state index contributed by atoms with van der Waals surface area (Å²) in [5.41, 5.74) is 0.812. The minimum absolute atomic E-state index is 0.156. The van der Waals surface area contributed by atoms with E-state index in [-0.39, 0.29) is 18.0 Å². The Bertz CT molecular complexity index is 788. The number of methoxy groups -OCH3 is 1. The molecule has 0 bridgehead atoms. The molecule has 23 heavy (non-hydrogen) atoms. The Hall–Kier alpha value is -1.90. The molecular formula is C15H19N3O4S. The van der Waals surface area contributed by atoms with Crippen molar-refractivity contribution in [2.45, 2.75) is 30.4 Å². The van der Waals surface area contributed by atoms with Gasteiger partial charge in [-0.25, -0.2) is 8.42 Å². The van der Waals surface area contributed by atoms with Crippen LogP contribution >= 0.6 is 0 Å². The van der Waals surface area contributed by atoms with E-state index < -0.39 is 16.1 Å². The Morgan fingerprint density at radius 3 is 2.96 bits per heavy atom. The average molecular weight is 337 g/mol. The summed E-state index contributed by atoms with van der Waals surface area (Å²) in [6.07, 6.45) is 2.17. The fraction of sp³-hybridized carbons (Fsp3) is 0.400. The summed E-state index contributed by atoms with van der Waals surface area (Å²) in [6.45, 7) is 0.538. The molecule has 1 N–H and O–H groups in total. The first-order valence-corrected chi connectivity index (χ1v) is 8.77. The van der Waals surface area contributed by atoms with Gasteiger partial charge >= 0.3 is 0 Å². The minimum Gasteiger partial charge on any atom is -0.497 e. The quantitative estimate of drug-likeness (QED) is 0.894. The highest BCUT2D eigenvalue weighted by molar-refractivity contribution is 7.89. The Morgan fingerprint density at radius 2 is 2.22 bits per heavy atom. The third-order valence-electron chi connectivity index (χ3n) is 4.06. The molecule has 0 amide bonds. The second kappa shape index (κ2) is 6.31. The van der Waals surface area contributed by atoms with E-state index in [4.69, 9.17) is 4.74 Å². The first-order valence-electron chi connectivity index (χ1n) is 7.33. The monoisotopic (exact) mass is 337 g/mol. The average Bonchev–Trinajstić information content (AvgIpc) is 2.93. The van der Waals surface area contributed by atoms with E-state index in [0.29, 0.717) is 18.7 Å². The highest BCUT2D eigenvalue weighted by atomic mass is 32.2. The number of rotatable bonds is 4. The van der Waals surface area contributed by atoms with Crippen molar-refractivity contribution in [2.24, 2.45) is 0 Å². The number of nitrogens with zero attached hydrogens (tertiary/aromatic N) is 3. The number of sulfonamides is 1. The van der Waals surface area contributed by atoms with E-state index in [1.54, 1.807) is 29.1 Å². The van der Waals surface area contributed by atoms with Crippen LogP contribution in [0.5, 0.6) is 5.75 Å². The Kier molecular flexibility index (Phi) is 4.38. The summed E-state index contributed by atoms with van der Waals surface area (Å²) in [5.74, 6) is 0.478. The summed E-state index contributed by atoms with van der Waals surface area (Å²) in [7, 11) is -2.25. The molecule has 3 rings (SSSR count). The van der Waals surface area contributed by atoms with Crippen LogP contribution in [0.15, 0.2) is 41.4 Å². The van der Waals surface area contributed by atoms with Crippen LogP contribution in [0.3, 0.4) is 0 Å². The molecule has 1 aromatic carbocycles. The minimum atomic E-state index is -3.75. The van der Waals surface area contributed by atoms with Gasteiger partial charge < -0.3 is 9.84 Å². The molecule has 2 heterocycles. The molecule has 1 aliphatic heterocycles. The van der Waals surface area contributed by atoms with Crippen molar-refractivity contribution in [3.63, 3.8) is 0 Å². The number of hydrogen-bond donors (Lipinski definition) is 1. The maximum Gasteiger partial charge on any atom is 0.243 e. The van der Waals surface area contributed by atoms with Crippen LogP contribution in [-0.2, 0) is 23.1 Å². The highest BCUT2D eigenvalue weighted by Gasteiger charge is 2.34. The second-order valence-electron chi connectivity index (χ2n) is 5.40. The fourth-order valence-corrected chi connectivity index (χ4v) is 4.41. The maximum atomic E-state index is 13.0. The summed E-state index contributed by atoms with van der Waals surface area (Å²) in [4.78, 5) is 0.156. The zero-order valence-electron chi connectivity index (χ0n) is 12.8. The number of aliphatic hydroxyl groups excluding tert-OH is 1. The Morgan fingerprint density at radius 1 is 1.39 bits per heavy atom. The van der Waals surface area contributed by atoms with Crippen molar-refractivity contribution in [1.82, 2.24) is 14.1 Å². The summed E-state index contributed by atoms with van der Waals surface area (Å²) >= 11 is 0. The van der Waals surface area contributed by atoms with E-state index in [2.05, 4.69) is 5.10 Å². The van der Waals surface area contributed by atoms with Crippen LogP contribution < -0.4 is 4.74 Å². The third-order valence-corrected chi connectivity index (χ3v) is 5.96. The molecule has 2 aromatic rings. The number of benzene rings is 1. The van der Waals surface area contributed by atoms with Crippen molar-refractivity contribution < 1.29 is 18.3 Å². The van der Waals surface area contributed by atoms with Gasteiger partial charge in [-0.1, -0.05) is 6.07 Å². The van der Waals surface area contributed by atoms with Crippen LogP contribution in [0.1, 0.15) is 12.1 Å². The van der Waals surface area contributed by atoms with Crippen LogP contribution in [0.2, 0.25) is 0 Å².